The second-order valence-electron chi connectivity index (χ2n) is 3.91. The number of halogens is 1. The van der Waals surface area contributed by atoms with Crippen molar-refractivity contribution in [2.75, 3.05) is 19.6 Å². The fourth-order valence-electron chi connectivity index (χ4n) is 1.88. The smallest absolute Gasteiger partial charge is 0.335 e. The lowest BCUT2D eigenvalue weighted by molar-refractivity contribution is 0.0696. The third-order valence-corrected chi connectivity index (χ3v) is 3.36. The van der Waals surface area contributed by atoms with Gasteiger partial charge in [-0.2, -0.15) is 0 Å². The molecule has 0 amide bonds. The number of piperazine rings is 1. The summed E-state index contributed by atoms with van der Waals surface area (Å²) < 4.78 is 0.403. The van der Waals surface area contributed by atoms with Gasteiger partial charge in [0.05, 0.1) is 10.0 Å². The number of carboxylic acid groups (broad SMARTS) is 1. The summed E-state index contributed by atoms with van der Waals surface area (Å²) in [4.78, 5) is 11.0. The van der Waals surface area contributed by atoms with E-state index >= 15 is 0 Å². The Hall–Kier alpha value is -1.11. The van der Waals surface area contributed by atoms with Crippen LogP contribution in [0.5, 0.6) is 5.75 Å². The third kappa shape index (κ3) is 2.59. The lowest BCUT2D eigenvalue weighted by atomic mass is 10.0. The molecule has 0 unspecified atom stereocenters. The summed E-state index contributed by atoms with van der Waals surface area (Å²) in [5, 5.41) is 25.4. The molecule has 1 heterocycles. The summed E-state index contributed by atoms with van der Waals surface area (Å²) in [6.45, 7) is 2.33. The number of aromatic carboxylic acids is 1. The van der Waals surface area contributed by atoms with Gasteiger partial charge in [0, 0.05) is 31.2 Å². The first-order valence-corrected chi connectivity index (χ1v) is 6.08. The average molecular weight is 301 g/mol. The van der Waals surface area contributed by atoms with Gasteiger partial charge in [-0.05, 0) is 28.1 Å². The van der Waals surface area contributed by atoms with Crippen molar-refractivity contribution in [1.29, 1.82) is 0 Å². The molecule has 0 radical (unpaired) electrons. The van der Waals surface area contributed by atoms with E-state index in [0.717, 1.165) is 13.1 Å². The van der Waals surface area contributed by atoms with Crippen LogP contribution in [-0.2, 0) is 0 Å². The maximum absolute atomic E-state index is 11.0. The number of hydrogen-bond acceptors (Lipinski definition) is 4. The summed E-state index contributed by atoms with van der Waals surface area (Å²) in [5.74, 6) is -0.910. The van der Waals surface area contributed by atoms with Crippen LogP contribution in [0.25, 0.3) is 0 Å². The highest BCUT2D eigenvalue weighted by Crippen LogP contribution is 2.33. The molecule has 1 fully saturated rings. The summed E-state index contributed by atoms with van der Waals surface area (Å²) in [7, 11) is 0. The largest absolute Gasteiger partial charge is 0.506 e. The number of benzene rings is 1. The Balaban J connectivity index is 2.40. The highest BCUT2D eigenvalue weighted by Gasteiger charge is 2.21. The highest BCUT2D eigenvalue weighted by atomic mass is 79.9. The van der Waals surface area contributed by atoms with Crippen molar-refractivity contribution in [2.45, 2.75) is 6.04 Å². The van der Waals surface area contributed by atoms with Gasteiger partial charge < -0.3 is 20.8 Å². The van der Waals surface area contributed by atoms with E-state index in [4.69, 9.17) is 5.11 Å². The molecule has 0 spiro atoms. The predicted molar refractivity (Wildman–Crippen MR) is 66.4 cm³/mol. The SMILES string of the molecule is O=C(O)c1cc(Br)c(O)c([C@H]2CNCCN2)c1. The maximum Gasteiger partial charge on any atom is 0.335 e. The van der Waals surface area contributed by atoms with Crippen LogP contribution in [0.1, 0.15) is 22.0 Å². The number of phenolic OH excluding ortho intramolecular Hbond substituents is 1. The predicted octanol–water partition coefficient (Wildman–Crippen LogP) is 1.09. The summed E-state index contributed by atoms with van der Waals surface area (Å²) in [6, 6.07) is 2.84. The Kier molecular flexibility index (Phi) is 3.66. The van der Waals surface area contributed by atoms with Gasteiger partial charge in [0.2, 0.25) is 0 Å². The molecule has 4 N–H and O–H groups in total. The molecule has 0 aliphatic carbocycles. The fraction of sp³-hybridized carbons (Fsp3) is 0.364. The minimum atomic E-state index is -1.00. The zero-order valence-corrected chi connectivity index (χ0v) is 10.6. The van der Waals surface area contributed by atoms with Crippen molar-refractivity contribution in [1.82, 2.24) is 10.6 Å². The Morgan fingerprint density at radius 1 is 1.41 bits per heavy atom. The van der Waals surface area contributed by atoms with E-state index in [1.54, 1.807) is 0 Å². The number of aromatic hydroxyl groups is 1. The Morgan fingerprint density at radius 2 is 2.18 bits per heavy atom. The molecular weight excluding hydrogens is 288 g/mol. The van der Waals surface area contributed by atoms with Crippen molar-refractivity contribution in [3.8, 4) is 5.75 Å². The Morgan fingerprint density at radius 3 is 2.76 bits per heavy atom. The molecular formula is C11H13BrN2O3. The molecule has 1 atom stereocenters. The normalized spacial score (nSPS) is 20.2. The lowest BCUT2D eigenvalue weighted by Crippen LogP contribution is -2.42. The quantitative estimate of drug-likeness (QED) is 0.657. The van der Waals surface area contributed by atoms with Gasteiger partial charge in [-0.1, -0.05) is 0 Å². The molecule has 17 heavy (non-hydrogen) atoms. The van der Waals surface area contributed by atoms with E-state index in [1.807, 2.05) is 0 Å². The number of carbonyl (C=O) groups is 1. The molecule has 1 aromatic carbocycles. The van der Waals surface area contributed by atoms with Crippen molar-refractivity contribution in [3.05, 3.63) is 27.7 Å². The van der Waals surface area contributed by atoms with Crippen molar-refractivity contribution < 1.29 is 15.0 Å². The summed E-state index contributed by atoms with van der Waals surface area (Å²) >= 11 is 3.17. The molecule has 2 rings (SSSR count). The molecule has 6 heteroatoms. The lowest BCUT2D eigenvalue weighted by Gasteiger charge is -2.26. The zero-order chi connectivity index (χ0) is 12.4. The molecule has 1 saturated heterocycles. The highest BCUT2D eigenvalue weighted by molar-refractivity contribution is 9.10. The van der Waals surface area contributed by atoms with Crippen molar-refractivity contribution in [2.24, 2.45) is 0 Å². The molecule has 0 saturated carbocycles. The fourth-order valence-corrected chi connectivity index (χ4v) is 2.36. The van der Waals surface area contributed by atoms with Crippen LogP contribution in [0.3, 0.4) is 0 Å². The van der Waals surface area contributed by atoms with Gasteiger partial charge in [-0.25, -0.2) is 4.79 Å². The number of hydrogen-bond donors (Lipinski definition) is 4. The monoisotopic (exact) mass is 300 g/mol. The van der Waals surface area contributed by atoms with Gasteiger partial charge in [0.25, 0.3) is 0 Å². The molecule has 1 aromatic rings. The van der Waals surface area contributed by atoms with E-state index in [0.29, 0.717) is 16.6 Å². The minimum absolute atomic E-state index is 0.0700. The standard InChI is InChI=1S/C11H13BrN2O3/c12-8-4-6(11(16)17)3-7(10(8)15)9-5-13-1-2-14-9/h3-4,9,13-15H,1-2,5H2,(H,16,17)/t9-/m1/s1. The van der Waals surface area contributed by atoms with E-state index < -0.39 is 5.97 Å². The molecule has 0 aromatic heterocycles. The zero-order valence-electron chi connectivity index (χ0n) is 9.03. The second kappa shape index (κ2) is 5.03. The molecule has 1 aliphatic rings. The van der Waals surface area contributed by atoms with Crippen molar-refractivity contribution in [3.63, 3.8) is 0 Å². The number of nitrogens with one attached hydrogen (secondary N) is 2. The van der Waals surface area contributed by atoms with Crippen molar-refractivity contribution >= 4 is 21.9 Å². The van der Waals surface area contributed by atoms with Crippen LogP contribution >= 0.6 is 15.9 Å². The number of carboxylic acids is 1. The Labute approximate surface area is 107 Å². The first-order valence-electron chi connectivity index (χ1n) is 5.29. The summed E-state index contributed by atoms with van der Waals surface area (Å²) in [5.41, 5.74) is 0.765. The molecule has 1 aliphatic heterocycles. The molecule has 0 bridgehead atoms. The first-order chi connectivity index (χ1) is 8.09. The van der Waals surface area contributed by atoms with Crippen LogP contribution in [0.15, 0.2) is 16.6 Å². The van der Waals surface area contributed by atoms with Gasteiger partial charge >= 0.3 is 5.97 Å². The molecule has 92 valence electrons. The van der Waals surface area contributed by atoms with Crippen LogP contribution in [0, 0.1) is 0 Å². The topological polar surface area (TPSA) is 81.6 Å². The Bertz CT molecular complexity index is 445. The van der Waals surface area contributed by atoms with Crippen LogP contribution in [0.2, 0.25) is 0 Å². The number of phenols is 1. The van der Waals surface area contributed by atoms with Crippen LogP contribution < -0.4 is 10.6 Å². The first kappa shape index (κ1) is 12.3. The van der Waals surface area contributed by atoms with Crippen LogP contribution in [0.4, 0.5) is 0 Å². The molecule has 5 nitrogen and oxygen atoms in total. The number of rotatable bonds is 2. The van der Waals surface area contributed by atoms with Gasteiger partial charge in [0.1, 0.15) is 5.75 Å². The maximum atomic E-state index is 11.0. The van der Waals surface area contributed by atoms with Gasteiger partial charge in [-0.3, -0.25) is 0 Å². The summed E-state index contributed by atoms with van der Waals surface area (Å²) in [6.07, 6.45) is 0. The van der Waals surface area contributed by atoms with E-state index in [2.05, 4.69) is 26.6 Å². The third-order valence-electron chi connectivity index (χ3n) is 2.76. The van der Waals surface area contributed by atoms with Gasteiger partial charge in [0.15, 0.2) is 0 Å². The van der Waals surface area contributed by atoms with E-state index in [9.17, 15) is 9.90 Å². The minimum Gasteiger partial charge on any atom is -0.506 e. The van der Waals surface area contributed by atoms with Crippen LogP contribution in [-0.4, -0.2) is 35.8 Å². The van der Waals surface area contributed by atoms with E-state index in [1.165, 1.54) is 12.1 Å². The van der Waals surface area contributed by atoms with E-state index in [-0.39, 0.29) is 17.4 Å². The van der Waals surface area contributed by atoms with Gasteiger partial charge in [-0.15, -0.1) is 0 Å². The second-order valence-corrected chi connectivity index (χ2v) is 4.77. The average Bonchev–Trinajstić information content (AvgIpc) is 2.33.